The van der Waals surface area contributed by atoms with Crippen LogP contribution in [0, 0.1) is 0 Å². The Bertz CT molecular complexity index is 740. The van der Waals surface area contributed by atoms with Crippen molar-refractivity contribution in [1.29, 1.82) is 0 Å². The summed E-state index contributed by atoms with van der Waals surface area (Å²) in [4.78, 5) is 36.5. The van der Waals surface area contributed by atoms with Crippen LogP contribution in [0.4, 0.5) is 5.69 Å². The van der Waals surface area contributed by atoms with Crippen molar-refractivity contribution in [2.45, 2.75) is 32.6 Å². The predicted molar refractivity (Wildman–Crippen MR) is 104 cm³/mol. The second-order valence-electron chi connectivity index (χ2n) is 5.86. The number of carbonyl (C=O) groups is 3. The van der Waals surface area contributed by atoms with E-state index in [1.807, 2.05) is 24.4 Å². The summed E-state index contributed by atoms with van der Waals surface area (Å²) in [6.45, 7) is 2.07. The first-order chi connectivity index (χ1) is 13.1. The Labute approximate surface area is 162 Å². The van der Waals surface area contributed by atoms with Gasteiger partial charge in [-0.1, -0.05) is 19.4 Å². The summed E-state index contributed by atoms with van der Waals surface area (Å²) in [5, 5.41) is 4.57. The van der Waals surface area contributed by atoms with Crippen molar-refractivity contribution < 1.29 is 23.9 Å². The molecule has 6 nitrogen and oxygen atoms in total. The number of carbonyl (C=O) groups excluding carboxylic acids is 3. The minimum atomic E-state index is -0.433. The fourth-order valence-electron chi connectivity index (χ4n) is 2.18. The topological polar surface area (TPSA) is 81.7 Å². The van der Waals surface area contributed by atoms with Crippen LogP contribution in [0.2, 0.25) is 0 Å². The van der Waals surface area contributed by atoms with E-state index in [2.05, 4.69) is 5.32 Å². The molecule has 0 atom stereocenters. The lowest BCUT2D eigenvalue weighted by Crippen LogP contribution is -2.21. The fraction of sp³-hybridized carbons (Fsp3) is 0.350. The van der Waals surface area contributed by atoms with Gasteiger partial charge in [-0.2, -0.15) is 0 Å². The molecule has 1 aromatic carbocycles. The molecule has 1 heterocycles. The number of hydrogen-bond donors (Lipinski definition) is 1. The van der Waals surface area contributed by atoms with Crippen molar-refractivity contribution >= 4 is 34.9 Å². The largest absolute Gasteiger partial charge is 0.462 e. The highest BCUT2D eigenvalue weighted by Crippen LogP contribution is 2.12. The molecule has 0 aliphatic rings. The number of nitrogens with one attached hydrogen (secondary N) is 1. The van der Waals surface area contributed by atoms with E-state index in [9.17, 15) is 14.4 Å². The SMILES string of the molecule is CCCCOC(=O)c1ccc(NC(=O)COC(=O)CCc2cccs2)cc1. The van der Waals surface area contributed by atoms with Crippen molar-refractivity contribution in [3.63, 3.8) is 0 Å². The van der Waals surface area contributed by atoms with Crippen LogP contribution in [0.25, 0.3) is 0 Å². The third kappa shape index (κ3) is 7.62. The molecule has 1 N–H and O–H groups in total. The highest BCUT2D eigenvalue weighted by atomic mass is 32.1. The van der Waals surface area contributed by atoms with E-state index >= 15 is 0 Å². The lowest BCUT2D eigenvalue weighted by Gasteiger charge is -2.08. The highest BCUT2D eigenvalue weighted by molar-refractivity contribution is 7.09. The lowest BCUT2D eigenvalue weighted by atomic mass is 10.2. The summed E-state index contributed by atoms with van der Waals surface area (Å²) in [6, 6.07) is 10.2. The molecule has 0 unspecified atom stereocenters. The van der Waals surface area contributed by atoms with Gasteiger partial charge in [0.2, 0.25) is 0 Å². The molecule has 0 spiro atoms. The summed E-state index contributed by atoms with van der Waals surface area (Å²) in [7, 11) is 0. The summed E-state index contributed by atoms with van der Waals surface area (Å²) < 4.78 is 10.1. The zero-order valence-electron chi connectivity index (χ0n) is 15.2. The van der Waals surface area contributed by atoms with Crippen LogP contribution in [0.15, 0.2) is 41.8 Å². The van der Waals surface area contributed by atoms with Crippen LogP contribution in [-0.2, 0) is 25.5 Å². The lowest BCUT2D eigenvalue weighted by molar-refractivity contribution is -0.147. The molecule has 0 saturated heterocycles. The van der Waals surface area contributed by atoms with Gasteiger partial charge in [0.1, 0.15) is 0 Å². The second kappa shape index (κ2) is 11.1. The van der Waals surface area contributed by atoms with E-state index in [1.165, 1.54) is 0 Å². The summed E-state index contributed by atoms with van der Waals surface area (Å²) in [5.74, 6) is -1.23. The molecule has 2 aromatic rings. The van der Waals surface area contributed by atoms with E-state index < -0.39 is 11.9 Å². The maximum absolute atomic E-state index is 11.9. The minimum Gasteiger partial charge on any atom is -0.462 e. The molecule has 0 bridgehead atoms. The standard InChI is InChI=1S/C20H23NO5S/c1-2-3-12-25-20(24)15-6-8-16(9-7-15)21-18(22)14-26-19(23)11-10-17-5-4-13-27-17/h4-9,13H,2-3,10-12,14H2,1H3,(H,21,22). The van der Waals surface area contributed by atoms with Crippen LogP contribution in [0.1, 0.15) is 41.4 Å². The van der Waals surface area contributed by atoms with E-state index in [0.717, 1.165) is 17.7 Å². The van der Waals surface area contributed by atoms with Gasteiger partial charge in [0.15, 0.2) is 6.61 Å². The molecular weight excluding hydrogens is 366 g/mol. The van der Waals surface area contributed by atoms with Gasteiger partial charge in [0.25, 0.3) is 5.91 Å². The van der Waals surface area contributed by atoms with Gasteiger partial charge in [0, 0.05) is 10.6 Å². The van der Waals surface area contributed by atoms with Crippen LogP contribution in [0.5, 0.6) is 0 Å². The molecule has 0 aliphatic carbocycles. The number of ether oxygens (including phenoxy) is 2. The molecule has 2 rings (SSSR count). The first-order valence-corrected chi connectivity index (χ1v) is 9.71. The van der Waals surface area contributed by atoms with E-state index in [-0.39, 0.29) is 19.0 Å². The molecule has 27 heavy (non-hydrogen) atoms. The Kier molecular flexibility index (Phi) is 8.51. The zero-order valence-corrected chi connectivity index (χ0v) is 16.1. The van der Waals surface area contributed by atoms with Crippen molar-refractivity contribution in [1.82, 2.24) is 0 Å². The number of hydrogen-bond acceptors (Lipinski definition) is 6. The first kappa shape index (κ1) is 20.6. The van der Waals surface area contributed by atoms with Gasteiger partial charge in [-0.15, -0.1) is 11.3 Å². The Hall–Kier alpha value is -2.67. The average molecular weight is 389 g/mol. The minimum absolute atomic E-state index is 0.239. The molecule has 1 aromatic heterocycles. The molecule has 0 aliphatic heterocycles. The van der Waals surface area contributed by atoms with E-state index in [4.69, 9.17) is 9.47 Å². The second-order valence-corrected chi connectivity index (χ2v) is 6.89. The highest BCUT2D eigenvalue weighted by Gasteiger charge is 2.10. The van der Waals surface area contributed by atoms with Crippen LogP contribution >= 0.6 is 11.3 Å². The van der Waals surface area contributed by atoms with Gasteiger partial charge in [-0.25, -0.2) is 4.79 Å². The van der Waals surface area contributed by atoms with Crippen LogP contribution in [0.3, 0.4) is 0 Å². The van der Waals surface area contributed by atoms with Crippen LogP contribution in [-0.4, -0.2) is 31.1 Å². The maximum atomic E-state index is 11.9. The van der Waals surface area contributed by atoms with Gasteiger partial charge in [-0.05, 0) is 48.6 Å². The summed E-state index contributed by atoms with van der Waals surface area (Å²) in [5.41, 5.74) is 0.934. The molecule has 7 heteroatoms. The number of esters is 2. The van der Waals surface area contributed by atoms with Gasteiger partial charge in [-0.3, -0.25) is 9.59 Å². The fourth-order valence-corrected chi connectivity index (χ4v) is 2.89. The molecule has 0 radical (unpaired) electrons. The number of thiophene rings is 1. The Morgan fingerprint density at radius 1 is 1.07 bits per heavy atom. The number of rotatable bonds is 10. The van der Waals surface area contributed by atoms with Gasteiger partial charge in [0.05, 0.1) is 18.6 Å². The molecule has 144 valence electrons. The Morgan fingerprint density at radius 3 is 2.52 bits per heavy atom. The van der Waals surface area contributed by atoms with E-state index in [0.29, 0.717) is 24.3 Å². The first-order valence-electron chi connectivity index (χ1n) is 8.83. The monoisotopic (exact) mass is 389 g/mol. The van der Waals surface area contributed by atoms with Crippen molar-refractivity contribution in [2.24, 2.45) is 0 Å². The number of unbranched alkanes of at least 4 members (excludes halogenated alkanes) is 1. The van der Waals surface area contributed by atoms with Gasteiger partial charge < -0.3 is 14.8 Å². The van der Waals surface area contributed by atoms with Crippen LogP contribution < -0.4 is 5.32 Å². The summed E-state index contributed by atoms with van der Waals surface area (Å²) in [6.07, 6.45) is 2.62. The quantitative estimate of drug-likeness (QED) is 0.493. The number of benzene rings is 1. The van der Waals surface area contributed by atoms with Crippen molar-refractivity contribution in [2.75, 3.05) is 18.5 Å². The van der Waals surface area contributed by atoms with Crippen molar-refractivity contribution in [3.05, 3.63) is 52.2 Å². The number of anilines is 1. The number of amides is 1. The smallest absolute Gasteiger partial charge is 0.338 e. The Morgan fingerprint density at radius 2 is 1.85 bits per heavy atom. The molecule has 0 saturated carbocycles. The molecule has 0 fully saturated rings. The predicted octanol–water partition coefficient (Wildman–Crippen LogP) is 3.82. The maximum Gasteiger partial charge on any atom is 0.338 e. The third-order valence-corrected chi connectivity index (χ3v) is 4.59. The number of aryl methyl sites for hydroxylation is 1. The average Bonchev–Trinajstić information content (AvgIpc) is 3.19. The summed E-state index contributed by atoms with van der Waals surface area (Å²) >= 11 is 1.58. The Balaban J connectivity index is 1.70. The normalized spacial score (nSPS) is 10.3. The van der Waals surface area contributed by atoms with Gasteiger partial charge >= 0.3 is 11.9 Å². The zero-order chi connectivity index (χ0) is 19.5. The van der Waals surface area contributed by atoms with Crippen molar-refractivity contribution in [3.8, 4) is 0 Å². The molecular formula is C20H23NO5S. The van der Waals surface area contributed by atoms with E-state index in [1.54, 1.807) is 35.6 Å². The third-order valence-electron chi connectivity index (χ3n) is 3.66. The molecule has 1 amide bonds.